The zero-order chi connectivity index (χ0) is 14.5. The fourth-order valence-electron chi connectivity index (χ4n) is 2.20. The smallest absolute Gasteiger partial charge is 0.128 e. The van der Waals surface area contributed by atoms with Crippen molar-refractivity contribution in [2.75, 3.05) is 13.7 Å². The van der Waals surface area contributed by atoms with Gasteiger partial charge in [-0.3, -0.25) is 4.98 Å². The van der Waals surface area contributed by atoms with Gasteiger partial charge in [-0.15, -0.1) is 0 Å². The maximum absolute atomic E-state index is 5.44. The summed E-state index contributed by atoms with van der Waals surface area (Å²) in [7, 11) is 1.73. The number of hydrogen-bond donors (Lipinski definition) is 1. The van der Waals surface area contributed by atoms with Gasteiger partial charge in [0.25, 0.3) is 0 Å². The van der Waals surface area contributed by atoms with E-state index >= 15 is 0 Å². The van der Waals surface area contributed by atoms with Crippen molar-refractivity contribution in [1.29, 1.82) is 0 Å². The molecule has 108 valence electrons. The average Bonchev–Trinajstić information content (AvgIpc) is 2.30. The molecule has 0 aliphatic rings. The summed E-state index contributed by atoms with van der Waals surface area (Å²) in [4.78, 5) is 4.53. The summed E-state index contributed by atoms with van der Waals surface area (Å²) in [6, 6.07) is 0. The third-order valence-electron chi connectivity index (χ3n) is 3.25. The molecule has 1 heterocycles. The molecule has 0 spiro atoms. The molecule has 3 heteroatoms. The van der Waals surface area contributed by atoms with Gasteiger partial charge in [-0.25, -0.2) is 0 Å². The number of ether oxygens (including phenoxy) is 1. The Morgan fingerprint density at radius 3 is 2.47 bits per heavy atom. The SMILES string of the molecule is COc1c(C)cnc(CCCCNC(C)(C)C)c1C. The standard InChI is InChI=1S/C16H28N2O/c1-12-11-17-14(13(2)15(12)19-6)9-7-8-10-18-16(3,4)5/h11,18H,7-10H2,1-6H3. The largest absolute Gasteiger partial charge is 0.496 e. The topological polar surface area (TPSA) is 34.1 Å². The van der Waals surface area contributed by atoms with Crippen LogP contribution in [-0.2, 0) is 6.42 Å². The molecule has 1 N–H and O–H groups in total. The lowest BCUT2D eigenvalue weighted by molar-refractivity contribution is 0.406. The van der Waals surface area contributed by atoms with Crippen molar-refractivity contribution in [3.05, 3.63) is 23.0 Å². The molecule has 19 heavy (non-hydrogen) atoms. The number of nitrogens with one attached hydrogen (secondary N) is 1. The molecule has 0 saturated heterocycles. The zero-order valence-corrected chi connectivity index (χ0v) is 13.3. The zero-order valence-electron chi connectivity index (χ0n) is 13.3. The summed E-state index contributed by atoms with van der Waals surface area (Å²) in [5, 5.41) is 3.51. The maximum Gasteiger partial charge on any atom is 0.128 e. The predicted octanol–water partition coefficient (Wildman–Crippen LogP) is 3.42. The van der Waals surface area contributed by atoms with Gasteiger partial charge in [-0.1, -0.05) is 0 Å². The second-order valence-electron chi connectivity index (χ2n) is 6.18. The van der Waals surface area contributed by atoms with Crippen LogP contribution in [-0.4, -0.2) is 24.2 Å². The molecule has 0 bridgehead atoms. The molecule has 0 fully saturated rings. The molecular formula is C16H28N2O. The number of aromatic nitrogens is 1. The molecule has 0 atom stereocenters. The second-order valence-corrected chi connectivity index (χ2v) is 6.18. The summed E-state index contributed by atoms with van der Waals surface area (Å²) >= 11 is 0. The van der Waals surface area contributed by atoms with Crippen LogP contribution in [0.1, 0.15) is 50.4 Å². The van der Waals surface area contributed by atoms with Crippen LogP contribution < -0.4 is 10.1 Å². The first-order valence-electron chi connectivity index (χ1n) is 7.09. The fraction of sp³-hybridized carbons (Fsp3) is 0.688. The summed E-state index contributed by atoms with van der Waals surface area (Å²) in [6.07, 6.45) is 5.26. The van der Waals surface area contributed by atoms with Crippen molar-refractivity contribution in [2.24, 2.45) is 0 Å². The number of nitrogens with zero attached hydrogens (tertiary/aromatic N) is 1. The van der Waals surface area contributed by atoms with Crippen LogP contribution in [0.25, 0.3) is 0 Å². The molecule has 0 aromatic carbocycles. The third kappa shape index (κ3) is 5.19. The van der Waals surface area contributed by atoms with E-state index < -0.39 is 0 Å². The van der Waals surface area contributed by atoms with E-state index in [1.165, 1.54) is 17.7 Å². The number of rotatable bonds is 6. The van der Waals surface area contributed by atoms with E-state index in [0.29, 0.717) is 0 Å². The summed E-state index contributed by atoms with van der Waals surface area (Å²) < 4.78 is 5.44. The van der Waals surface area contributed by atoms with E-state index in [2.05, 4.69) is 38.0 Å². The quantitative estimate of drug-likeness (QED) is 0.799. The van der Waals surface area contributed by atoms with Crippen molar-refractivity contribution >= 4 is 0 Å². The first-order chi connectivity index (χ1) is 8.85. The predicted molar refractivity (Wildman–Crippen MR) is 81.0 cm³/mol. The summed E-state index contributed by atoms with van der Waals surface area (Å²) in [5.41, 5.74) is 3.67. The third-order valence-corrected chi connectivity index (χ3v) is 3.25. The maximum atomic E-state index is 5.44. The lowest BCUT2D eigenvalue weighted by atomic mass is 10.1. The van der Waals surface area contributed by atoms with Crippen molar-refractivity contribution in [3.8, 4) is 5.75 Å². The first-order valence-corrected chi connectivity index (χ1v) is 7.09. The van der Waals surface area contributed by atoms with E-state index in [-0.39, 0.29) is 5.54 Å². The Morgan fingerprint density at radius 2 is 1.89 bits per heavy atom. The highest BCUT2D eigenvalue weighted by Crippen LogP contribution is 2.24. The lowest BCUT2D eigenvalue weighted by Gasteiger charge is -2.20. The Labute approximate surface area is 117 Å². The van der Waals surface area contributed by atoms with Gasteiger partial charge >= 0.3 is 0 Å². The molecule has 0 amide bonds. The van der Waals surface area contributed by atoms with Crippen LogP contribution in [0.4, 0.5) is 0 Å². The Morgan fingerprint density at radius 1 is 1.21 bits per heavy atom. The van der Waals surface area contributed by atoms with Gasteiger partial charge < -0.3 is 10.1 Å². The van der Waals surface area contributed by atoms with Crippen molar-refractivity contribution in [2.45, 2.75) is 59.4 Å². The van der Waals surface area contributed by atoms with Gasteiger partial charge in [0.2, 0.25) is 0 Å². The summed E-state index contributed by atoms with van der Waals surface area (Å²) in [6.45, 7) is 11.8. The molecular weight excluding hydrogens is 236 g/mol. The molecule has 1 aromatic heterocycles. The highest BCUT2D eigenvalue weighted by molar-refractivity contribution is 5.41. The van der Waals surface area contributed by atoms with Crippen LogP contribution >= 0.6 is 0 Å². The summed E-state index contributed by atoms with van der Waals surface area (Å²) in [5.74, 6) is 0.984. The minimum atomic E-state index is 0.210. The normalized spacial score (nSPS) is 11.7. The average molecular weight is 264 g/mol. The fourth-order valence-corrected chi connectivity index (χ4v) is 2.20. The van der Waals surface area contributed by atoms with Crippen molar-refractivity contribution < 1.29 is 4.74 Å². The number of methoxy groups -OCH3 is 1. The monoisotopic (exact) mass is 264 g/mol. The molecule has 0 radical (unpaired) electrons. The van der Waals surface area contributed by atoms with E-state index in [1.54, 1.807) is 7.11 Å². The van der Waals surface area contributed by atoms with Crippen molar-refractivity contribution in [1.82, 2.24) is 10.3 Å². The highest BCUT2D eigenvalue weighted by Gasteiger charge is 2.10. The van der Waals surface area contributed by atoms with Gasteiger partial charge in [-0.05, 0) is 60.4 Å². The van der Waals surface area contributed by atoms with Crippen LogP contribution in [0, 0.1) is 13.8 Å². The lowest BCUT2D eigenvalue weighted by Crippen LogP contribution is -2.36. The second kappa shape index (κ2) is 6.90. The van der Waals surface area contributed by atoms with Gasteiger partial charge in [-0.2, -0.15) is 0 Å². The highest BCUT2D eigenvalue weighted by atomic mass is 16.5. The molecule has 0 unspecified atom stereocenters. The Hall–Kier alpha value is -1.09. The van der Waals surface area contributed by atoms with E-state index in [0.717, 1.165) is 30.7 Å². The Kier molecular flexibility index (Phi) is 5.80. The first kappa shape index (κ1) is 16.0. The Balaban J connectivity index is 2.46. The van der Waals surface area contributed by atoms with Gasteiger partial charge in [0.1, 0.15) is 5.75 Å². The van der Waals surface area contributed by atoms with Gasteiger partial charge in [0.05, 0.1) is 7.11 Å². The van der Waals surface area contributed by atoms with E-state index in [4.69, 9.17) is 4.74 Å². The van der Waals surface area contributed by atoms with E-state index in [1.807, 2.05) is 13.1 Å². The molecule has 3 nitrogen and oxygen atoms in total. The van der Waals surface area contributed by atoms with Crippen LogP contribution in [0.2, 0.25) is 0 Å². The Bertz CT molecular complexity index is 408. The van der Waals surface area contributed by atoms with Crippen LogP contribution in [0.3, 0.4) is 0 Å². The minimum absolute atomic E-state index is 0.210. The van der Waals surface area contributed by atoms with Crippen LogP contribution in [0.15, 0.2) is 6.20 Å². The van der Waals surface area contributed by atoms with Crippen LogP contribution in [0.5, 0.6) is 5.75 Å². The molecule has 1 aromatic rings. The van der Waals surface area contributed by atoms with E-state index in [9.17, 15) is 0 Å². The van der Waals surface area contributed by atoms with Gasteiger partial charge in [0, 0.05) is 28.6 Å². The number of hydrogen-bond acceptors (Lipinski definition) is 3. The number of unbranched alkanes of at least 4 members (excludes halogenated alkanes) is 1. The van der Waals surface area contributed by atoms with Gasteiger partial charge in [0.15, 0.2) is 0 Å². The van der Waals surface area contributed by atoms with Crippen molar-refractivity contribution in [3.63, 3.8) is 0 Å². The molecule has 0 aliphatic heterocycles. The minimum Gasteiger partial charge on any atom is -0.496 e. The number of aryl methyl sites for hydroxylation is 2. The molecule has 1 rings (SSSR count). The molecule has 0 saturated carbocycles. The number of pyridine rings is 1. The molecule has 0 aliphatic carbocycles.